The summed E-state index contributed by atoms with van der Waals surface area (Å²) in [5.41, 5.74) is 2.41. The van der Waals surface area contributed by atoms with Crippen LogP contribution in [0.5, 0.6) is 0 Å². The van der Waals surface area contributed by atoms with Crippen LogP contribution in [-0.2, 0) is 21.4 Å². The fraction of sp³-hybridized carbons (Fsp3) is 0.435. The molecule has 3 rings (SSSR count). The van der Waals surface area contributed by atoms with Crippen molar-refractivity contribution in [2.24, 2.45) is 5.92 Å². The van der Waals surface area contributed by atoms with E-state index in [1.165, 1.54) is 10.4 Å². The summed E-state index contributed by atoms with van der Waals surface area (Å²) >= 11 is 6.07. The molecule has 0 bridgehead atoms. The number of hydrogen-bond donors (Lipinski definition) is 1. The van der Waals surface area contributed by atoms with Crippen molar-refractivity contribution in [3.63, 3.8) is 0 Å². The molecule has 8 heteroatoms. The summed E-state index contributed by atoms with van der Waals surface area (Å²) in [5, 5.41) is 3.34. The fourth-order valence-electron chi connectivity index (χ4n) is 3.43. The summed E-state index contributed by atoms with van der Waals surface area (Å²) in [5.74, 6) is 0.116. The van der Waals surface area contributed by atoms with E-state index >= 15 is 0 Å². The molecular weight excluding hydrogens is 434 g/mol. The molecule has 0 spiro atoms. The van der Waals surface area contributed by atoms with Crippen LogP contribution in [0.3, 0.4) is 0 Å². The van der Waals surface area contributed by atoms with E-state index in [0.29, 0.717) is 17.1 Å². The second-order valence-corrected chi connectivity index (χ2v) is 10.6. The number of amides is 1. The van der Waals surface area contributed by atoms with Gasteiger partial charge in [-0.05, 0) is 68.1 Å². The van der Waals surface area contributed by atoms with Crippen LogP contribution >= 0.6 is 11.6 Å². The van der Waals surface area contributed by atoms with Crippen LogP contribution in [0.1, 0.15) is 38.7 Å². The first-order valence-corrected chi connectivity index (χ1v) is 12.3. The van der Waals surface area contributed by atoms with E-state index in [4.69, 9.17) is 11.6 Å². The Morgan fingerprint density at radius 2 is 1.90 bits per heavy atom. The van der Waals surface area contributed by atoms with Gasteiger partial charge < -0.3 is 10.2 Å². The van der Waals surface area contributed by atoms with Crippen molar-refractivity contribution in [3.8, 4) is 0 Å². The lowest BCUT2D eigenvalue weighted by Crippen LogP contribution is -2.38. The van der Waals surface area contributed by atoms with Crippen LogP contribution in [0.25, 0.3) is 0 Å². The summed E-state index contributed by atoms with van der Waals surface area (Å²) < 4.78 is 28.5. The highest BCUT2D eigenvalue weighted by molar-refractivity contribution is 7.89. The number of sulfonamides is 1. The first-order valence-electron chi connectivity index (χ1n) is 10.5. The average molecular weight is 464 g/mol. The zero-order valence-electron chi connectivity index (χ0n) is 18.4. The number of nitrogens with one attached hydrogen (secondary N) is 1. The molecule has 168 valence electrons. The van der Waals surface area contributed by atoms with Gasteiger partial charge in [-0.1, -0.05) is 24.6 Å². The molecule has 0 aromatic heterocycles. The van der Waals surface area contributed by atoms with Gasteiger partial charge in [-0.25, -0.2) is 8.42 Å². The Kier molecular flexibility index (Phi) is 7.29. The molecule has 0 radical (unpaired) electrons. The minimum Gasteiger partial charge on any atom is -0.377 e. The molecule has 0 saturated heterocycles. The maximum absolute atomic E-state index is 13.5. The largest absolute Gasteiger partial charge is 0.377 e. The molecule has 1 aliphatic carbocycles. The van der Waals surface area contributed by atoms with Gasteiger partial charge in [0.05, 0.1) is 4.90 Å². The van der Waals surface area contributed by atoms with Crippen molar-refractivity contribution < 1.29 is 13.2 Å². The molecule has 6 nitrogen and oxygen atoms in total. The summed E-state index contributed by atoms with van der Waals surface area (Å²) in [6.07, 6.45) is 2.51. The van der Waals surface area contributed by atoms with Gasteiger partial charge in [0.15, 0.2) is 0 Å². The zero-order valence-corrected chi connectivity index (χ0v) is 20.0. The lowest BCUT2D eigenvalue weighted by atomic mass is 10.1. The predicted octanol–water partition coefficient (Wildman–Crippen LogP) is 4.74. The second kappa shape index (κ2) is 9.59. The topological polar surface area (TPSA) is 69.7 Å². The van der Waals surface area contributed by atoms with Crippen LogP contribution in [0, 0.1) is 5.92 Å². The van der Waals surface area contributed by atoms with Gasteiger partial charge in [0.1, 0.15) is 0 Å². The number of hydrogen-bond acceptors (Lipinski definition) is 4. The standard InChI is InChI=1S/C23H30ClN3O3S/c1-5-16(2)27(31(29,30)21-8-6-7-19(24)14-21)15-18-13-20(11-12-22(18)26(3)4)25-23(28)17-9-10-17/h6-8,11-14,16-17H,5,9-10,15H2,1-4H3,(H,25,28)/t16-/m1/s1. The van der Waals surface area contributed by atoms with Crippen LogP contribution < -0.4 is 10.2 Å². The summed E-state index contributed by atoms with van der Waals surface area (Å²) in [7, 11) is 0.0621. The van der Waals surface area contributed by atoms with Crippen LogP contribution in [0.2, 0.25) is 5.02 Å². The quantitative estimate of drug-likeness (QED) is 0.582. The Morgan fingerprint density at radius 3 is 2.48 bits per heavy atom. The minimum absolute atomic E-state index is 0.0221. The normalized spacial score (nSPS) is 15.0. The molecule has 2 aromatic carbocycles. The second-order valence-electron chi connectivity index (χ2n) is 8.27. The number of carbonyl (C=O) groups excluding carboxylic acids is 1. The van der Waals surface area contributed by atoms with Crippen molar-refractivity contribution in [1.82, 2.24) is 4.31 Å². The van der Waals surface area contributed by atoms with Crippen molar-refractivity contribution >= 4 is 38.9 Å². The molecule has 0 aliphatic heterocycles. The van der Waals surface area contributed by atoms with Gasteiger partial charge in [-0.3, -0.25) is 4.79 Å². The number of nitrogens with zero attached hydrogens (tertiary/aromatic N) is 2. The summed E-state index contributed by atoms with van der Waals surface area (Å²) in [4.78, 5) is 14.3. The van der Waals surface area contributed by atoms with E-state index in [0.717, 1.165) is 24.1 Å². The van der Waals surface area contributed by atoms with E-state index in [2.05, 4.69) is 5.32 Å². The molecule has 1 saturated carbocycles. The van der Waals surface area contributed by atoms with E-state index in [1.807, 2.05) is 51.0 Å². The molecule has 1 amide bonds. The third-order valence-electron chi connectivity index (χ3n) is 5.59. The van der Waals surface area contributed by atoms with E-state index in [1.54, 1.807) is 18.2 Å². The van der Waals surface area contributed by atoms with Gasteiger partial charge in [0.2, 0.25) is 15.9 Å². The third kappa shape index (κ3) is 5.59. The van der Waals surface area contributed by atoms with Crippen molar-refractivity contribution in [2.45, 2.75) is 50.6 Å². The Hall–Kier alpha value is -2.09. The number of anilines is 2. The highest BCUT2D eigenvalue weighted by Gasteiger charge is 2.31. The summed E-state index contributed by atoms with van der Waals surface area (Å²) in [6.45, 7) is 4.05. The number of benzene rings is 2. The Morgan fingerprint density at radius 1 is 1.19 bits per heavy atom. The Labute approximate surface area is 190 Å². The van der Waals surface area contributed by atoms with Gasteiger partial charge >= 0.3 is 0 Å². The lowest BCUT2D eigenvalue weighted by Gasteiger charge is -2.30. The Balaban J connectivity index is 1.98. The predicted molar refractivity (Wildman–Crippen MR) is 126 cm³/mol. The van der Waals surface area contributed by atoms with Gasteiger partial charge in [0.25, 0.3) is 0 Å². The molecule has 2 aromatic rings. The Bertz CT molecular complexity index is 1050. The van der Waals surface area contributed by atoms with E-state index < -0.39 is 10.0 Å². The molecule has 0 unspecified atom stereocenters. The van der Waals surface area contributed by atoms with Gasteiger partial charge in [0, 0.05) is 49.0 Å². The van der Waals surface area contributed by atoms with Crippen molar-refractivity contribution in [1.29, 1.82) is 0 Å². The molecule has 31 heavy (non-hydrogen) atoms. The van der Waals surface area contributed by atoms with Crippen molar-refractivity contribution in [2.75, 3.05) is 24.3 Å². The van der Waals surface area contributed by atoms with Gasteiger partial charge in [-0.2, -0.15) is 4.31 Å². The highest BCUT2D eigenvalue weighted by Crippen LogP contribution is 2.32. The molecule has 0 heterocycles. The average Bonchev–Trinajstić information content (AvgIpc) is 3.56. The maximum atomic E-state index is 13.5. The van der Waals surface area contributed by atoms with Gasteiger partial charge in [-0.15, -0.1) is 0 Å². The fourth-order valence-corrected chi connectivity index (χ4v) is 5.41. The van der Waals surface area contributed by atoms with Crippen LogP contribution in [0.4, 0.5) is 11.4 Å². The smallest absolute Gasteiger partial charge is 0.243 e. The number of halogens is 1. The van der Waals surface area contributed by atoms with E-state index in [-0.39, 0.29) is 29.3 Å². The first kappa shape index (κ1) is 23.6. The number of carbonyl (C=O) groups is 1. The molecule has 1 atom stereocenters. The minimum atomic E-state index is -3.77. The van der Waals surface area contributed by atoms with Crippen LogP contribution in [-0.4, -0.2) is 38.8 Å². The first-order chi connectivity index (χ1) is 14.6. The number of rotatable bonds is 9. The van der Waals surface area contributed by atoms with Crippen molar-refractivity contribution in [3.05, 3.63) is 53.1 Å². The monoisotopic (exact) mass is 463 g/mol. The highest BCUT2D eigenvalue weighted by atomic mass is 35.5. The SMILES string of the molecule is CC[C@@H](C)N(Cc1cc(NC(=O)C2CC2)ccc1N(C)C)S(=O)(=O)c1cccc(Cl)c1. The van der Waals surface area contributed by atoms with Crippen LogP contribution in [0.15, 0.2) is 47.4 Å². The third-order valence-corrected chi connectivity index (χ3v) is 7.78. The summed E-state index contributed by atoms with van der Waals surface area (Å²) in [6, 6.07) is 11.8. The maximum Gasteiger partial charge on any atom is 0.243 e. The molecule has 1 N–H and O–H groups in total. The zero-order chi connectivity index (χ0) is 22.8. The molecule has 1 aliphatic rings. The van der Waals surface area contributed by atoms with E-state index in [9.17, 15) is 13.2 Å². The molecule has 1 fully saturated rings. The molecular formula is C23H30ClN3O3S. The lowest BCUT2D eigenvalue weighted by molar-refractivity contribution is -0.117.